The van der Waals surface area contributed by atoms with Crippen molar-refractivity contribution in [1.29, 1.82) is 0 Å². The standard InChI is InChI=1S/C20H25N3O3/c1-23(13-7-10-16-8-4-3-5-9-16)20(25)22-18-12-6-11-17(14-18)21-19(24)15-26-2/h3-6,8-9,11-12,14H,7,10,13,15H2,1-2H3,(H,21,24)(H,22,25). The van der Waals surface area contributed by atoms with Gasteiger partial charge in [0.2, 0.25) is 5.91 Å². The van der Waals surface area contributed by atoms with Crippen LogP contribution in [0.15, 0.2) is 54.6 Å². The Kier molecular flexibility index (Phi) is 7.64. The van der Waals surface area contributed by atoms with E-state index in [9.17, 15) is 9.59 Å². The summed E-state index contributed by atoms with van der Waals surface area (Å²) in [6.07, 6.45) is 1.82. The Bertz CT molecular complexity index is 719. The molecule has 26 heavy (non-hydrogen) atoms. The van der Waals surface area contributed by atoms with Gasteiger partial charge in [0.1, 0.15) is 6.61 Å². The van der Waals surface area contributed by atoms with Crippen LogP contribution in [-0.4, -0.2) is 44.1 Å². The minimum absolute atomic E-state index is 0.0132. The molecule has 0 radical (unpaired) electrons. The molecule has 138 valence electrons. The number of benzene rings is 2. The number of aryl methyl sites for hydroxylation is 1. The maximum absolute atomic E-state index is 12.3. The van der Waals surface area contributed by atoms with E-state index >= 15 is 0 Å². The fraction of sp³-hybridized carbons (Fsp3) is 0.300. The first-order valence-electron chi connectivity index (χ1n) is 8.53. The zero-order valence-corrected chi connectivity index (χ0v) is 15.2. The summed E-state index contributed by atoms with van der Waals surface area (Å²) in [4.78, 5) is 25.5. The third kappa shape index (κ3) is 6.57. The zero-order valence-electron chi connectivity index (χ0n) is 15.2. The lowest BCUT2D eigenvalue weighted by molar-refractivity contribution is -0.119. The molecule has 0 atom stereocenters. The maximum atomic E-state index is 12.3. The van der Waals surface area contributed by atoms with Crippen molar-refractivity contribution in [3.05, 3.63) is 60.2 Å². The molecule has 2 N–H and O–H groups in total. The highest BCUT2D eigenvalue weighted by molar-refractivity contribution is 5.94. The summed E-state index contributed by atoms with van der Waals surface area (Å²) in [6, 6.07) is 17.0. The number of carbonyl (C=O) groups is 2. The van der Waals surface area contributed by atoms with Gasteiger partial charge in [-0.3, -0.25) is 4.79 Å². The highest BCUT2D eigenvalue weighted by Gasteiger charge is 2.09. The molecule has 6 heteroatoms. The Morgan fingerprint density at radius 1 is 1.00 bits per heavy atom. The second-order valence-electron chi connectivity index (χ2n) is 6.00. The zero-order chi connectivity index (χ0) is 18.8. The number of ether oxygens (including phenoxy) is 1. The van der Waals surface area contributed by atoms with Crippen LogP contribution in [0.4, 0.5) is 16.2 Å². The summed E-state index contributed by atoms with van der Waals surface area (Å²) in [7, 11) is 3.23. The predicted molar refractivity (Wildman–Crippen MR) is 103 cm³/mol. The molecule has 0 saturated carbocycles. The van der Waals surface area contributed by atoms with E-state index in [4.69, 9.17) is 4.74 Å². The molecule has 0 aliphatic rings. The molecular formula is C20H25N3O3. The number of carbonyl (C=O) groups excluding carboxylic acids is 2. The molecule has 3 amide bonds. The van der Waals surface area contributed by atoms with E-state index in [0.29, 0.717) is 17.9 Å². The number of amides is 3. The molecular weight excluding hydrogens is 330 g/mol. The van der Waals surface area contributed by atoms with E-state index in [-0.39, 0.29) is 18.5 Å². The van der Waals surface area contributed by atoms with Crippen molar-refractivity contribution in [2.45, 2.75) is 12.8 Å². The van der Waals surface area contributed by atoms with Crippen molar-refractivity contribution in [1.82, 2.24) is 4.90 Å². The van der Waals surface area contributed by atoms with Crippen LogP contribution in [0.5, 0.6) is 0 Å². The van der Waals surface area contributed by atoms with Gasteiger partial charge >= 0.3 is 6.03 Å². The topological polar surface area (TPSA) is 70.7 Å². The van der Waals surface area contributed by atoms with E-state index in [2.05, 4.69) is 22.8 Å². The number of anilines is 2. The molecule has 0 aromatic heterocycles. The van der Waals surface area contributed by atoms with Crippen molar-refractivity contribution < 1.29 is 14.3 Å². The Hall–Kier alpha value is -2.86. The van der Waals surface area contributed by atoms with Gasteiger partial charge in [-0.25, -0.2) is 4.79 Å². The van der Waals surface area contributed by atoms with Gasteiger partial charge in [-0.1, -0.05) is 36.4 Å². The van der Waals surface area contributed by atoms with Gasteiger partial charge in [0.05, 0.1) is 0 Å². The van der Waals surface area contributed by atoms with Gasteiger partial charge in [0.15, 0.2) is 0 Å². The molecule has 0 saturated heterocycles. The first-order chi connectivity index (χ1) is 12.6. The van der Waals surface area contributed by atoms with Crippen LogP contribution >= 0.6 is 0 Å². The highest BCUT2D eigenvalue weighted by atomic mass is 16.5. The molecule has 0 aliphatic carbocycles. The fourth-order valence-electron chi connectivity index (χ4n) is 2.49. The Balaban J connectivity index is 1.81. The quantitative estimate of drug-likeness (QED) is 0.763. The molecule has 0 heterocycles. The summed E-state index contributed by atoms with van der Waals surface area (Å²) < 4.78 is 4.78. The normalized spacial score (nSPS) is 10.2. The second-order valence-corrected chi connectivity index (χ2v) is 6.00. The number of hydrogen-bond donors (Lipinski definition) is 2. The van der Waals surface area contributed by atoms with E-state index in [0.717, 1.165) is 12.8 Å². The lowest BCUT2D eigenvalue weighted by Crippen LogP contribution is -2.32. The summed E-state index contributed by atoms with van der Waals surface area (Å²) in [5, 5.41) is 5.55. The third-order valence-corrected chi connectivity index (χ3v) is 3.82. The van der Waals surface area contributed by atoms with Crippen LogP contribution in [0.1, 0.15) is 12.0 Å². The van der Waals surface area contributed by atoms with Crippen LogP contribution in [-0.2, 0) is 16.0 Å². The van der Waals surface area contributed by atoms with Crippen LogP contribution in [0, 0.1) is 0 Å². The van der Waals surface area contributed by atoms with Gasteiger partial charge in [-0.05, 0) is 36.6 Å². The number of methoxy groups -OCH3 is 1. The van der Waals surface area contributed by atoms with Crippen molar-refractivity contribution in [2.24, 2.45) is 0 Å². The number of rotatable bonds is 8. The van der Waals surface area contributed by atoms with E-state index < -0.39 is 0 Å². The molecule has 0 bridgehead atoms. The smallest absolute Gasteiger partial charge is 0.321 e. The number of nitrogens with zero attached hydrogens (tertiary/aromatic N) is 1. The summed E-state index contributed by atoms with van der Waals surface area (Å²) in [5.74, 6) is -0.242. The molecule has 6 nitrogen and oxygen atoms in total. The average molecular weight is 355 g/mol. The largest absolute Gasteiger partial charge is 0.375 e. The minimum Gasteiger partial charge on any atom is -0.375 e. The molecule has 2 aromatic rings. The van der Waals surface area contributed by atoms with E-state index in [1.165, 1.54) is 12.7 Å². The van der Waals surface area contributed by atoms with E-state index in [1.54, 1.807) is 36.2 Å². The van der Waals surface area contributed by atoms with Crippen LogP contribution in [0.25, 0.3) is 0 Å². The first kappa shape index (κ1) is 19.5. The number of nitrogens with one attached hydrogen (secondary N) is 2. The molecule has 0 unspecified atom stereocenters. The molecule has 0 aliphatic heterocycles. The van der Waals surface area contributed by atoms with Crippen molar-refractivity contribution in [3.8, 4) is 0 Å². The Morgan fingerprint density at radius 2 is 1.69 bits per heavy atom. The third-order valence-electron chi connectivity index (χ3n) is 3.82. The lowest BCUT2D eigenvalue weighted by atomic mass is 10.1. The van der Waals surface area contributed by atoms with E-state index in [1.807, 2.05) is 18.2 Å². The summed E-state index contributed by atoms with van der Waals surface area (Å²) in [6.45, 7) is 0.645. The Labute approximate surface area is 154 Å². The van der Waals surface area contributed by atoms with Crippen LogP contribution in [0.3, 0.4) is 0 Å². The minimum atomic E-state index is -0.242. The van der Waals surface area contributed by atoms with Crippen LogP contribution in [0.2, 0.25) is 0 Å². The Morgan fingerprint density at radius 3 is 2.38 bits per heavy atom. The maximum Gasteiger partial charge on any atom is 0.321 e. The van der Waals surface area contributed by atoms with Gasteiger partial charge < -0.3 is 20.3 Å². The summed E-state index contributed by atoms with van der Waals surface area (Å²) >= 11 is 0. The van der Waals surface area contributed by atoms with Crippen molar-refractivity contribution in [3.63, 3.8) is 0 Å². The lowest BCUT2D eigenvalue weighted by Gasteiger charge is -2.18. The number of urea groups is 1. The molecule has 2 rings (SSSR count). The summed E-state index contributed by atoms with van der Waals surface area (Å²) in [5.41, 5.74) is 2.50. The second kappa shape index (κ2) is 10.2. The number of hydrogen-bond acceptors (Lipinski definition) is 3. The van der Waals surface area contributed by atoms with Gasteiger partial charge in [0, 0.05) is 32.1 Å². The van der Waals surface area contributed by atoms with Crippen molar-refractivity contribution in [2.75, 3.05) is 37.9 Å². The average Bonchev–Trinajstić information content (AvgIpc) is 2.63. The molecule has 2 aromatic carbocycles. The molecule has 0 fully saturated rings. The van der Waals surface area contributed by atoms with Crippen LogP contribution < -0.4 is 10.6 Å². The highest BCUT2D eigenvalue weighted by Crippen LogP contribution is 2.15. The SMILES string of the molecule is COCC(=O)Nc1cccc(NC(=O)N(C)CCCc2ccccc2)c1. The van der Waals surface area contributed by atoms with Crippen molar-refractivity contribution >= 4 is 23.3 Å². The monoisotopic (exact) mass is 355 g/mol. The first-order valence-corrected chi connectivity index (χ1v) is 8.53. The van der Waals surface area contributed by atoms with Gasteiger partial charge in [-0.2, -0.15) is 0 Å². The van der Waals surface area contributed by atoms with Gasteiger partial charge in [-0.15, -0.1) is 0 Å². The fourth-order valence-corrected chi connectivity index (χ4v) is 2.49. The predicted octanol–water partition coefficient (Wildman–Crippen LogP) is 3.37. The van der Waals surface area contributed by atoms with Gasteiger partial charge in [0.25, 0.3) is 0 Å². The molecule has 0 spiro atoms.